The van der Waals surface area contributed by atoms with E-state index < -0.39 is 10.8 Å². The van der Waals surface area contributed by atoms with Crippen molar-refractivity contribution in [2.75, 3.05) is 30.5 Å². The molecule has 0 saturated heterocycles. The number of ether oxygens (including phenoxy) is 1. The van der Waals surface area contributed by atoms with Crippen LogP contribution in [0.5, 0.6) is 0 Å². The molecule has 0 aromatic heterocycles. The number of para-hydroxylation sites is 1. The lowest BCUT2D eigenvalue weighted by Crippen LogP contribution is -2.18. The molecule has 5 heteroatoms. The second-order valence-corrected chi connectivity index (χ2v) is 8.86. The van der Waals surface area contributed by atoms with E-state index in [-0.39, 0.29) is 6.10 Å². The van der Waals surface area contributed by atoms with Gasteiger partial charge < -0.3 is 15.4 Å². The number of nitrogens with zero attached hydrogens (tertiary/aromatic N) is 1. The van der Waals surface area contributed by atoms with E-state index in [1.54, 1.807) is 0 Å². The van der Waals surface area contributed by atoms with E-state index in [1.807, 2.05) is 56.6 Å². The van der Waals surface area contributed by atoms with E-state index in [9.17, 15) is 4.21 Å². The number of unbranched alkanes of at least 4 members (excludes halogenated alkanes) is 1. The third-order valence-electron chi connectivity index (χ3n) is 4.30. The molecule has 0 radical (unpaired) electrons. The summed E-state index contributed by atoms with van der Waals surface area (Å²) in [6.45, 7) is 7.00. The Bertz CT molecular complexity index is 720. The lowest BCUT2D eigenvalue weighted by atomic mass is 10.2. The van der Waals surface area contributed by atoms with Crippen molar-refractivity contribution >= 4 is 22.2 Å². The van der Waals surface area contributed by atoms with Crippen LogP contribution in [-0.4, -0.2) is 30.2 Å². The molecular formula is C24H38N2O2S. The van der Waals surface area contributed by atoms with E-state index in [1.165, 1.54) is 6.42 Å². The van der Waals surface area contributed by atoms with Gasteiger partial charge in [0.15, 0.2) is 0 Å². The van der Waals surface area contributed by atoms with Gasteiger partial charge in [0, 0.05) is 30.4 Å². The van der Waals surface area contributed by atoms with Crippen LogP contribution in [0, 0.1) is 0 Å². The number of nitrogens with two attached hydrogens (primary N) is 1. The second-order valence-electron chi connectivity index (χ2n) is 7.39. The Labute approximate surface area is 179 Å². The van der Waals surface area contributed by atoms with Gasteiger partial charge >= 0.3 is 0 Å². The molecule has 4 nitrogen and oxygen atoms in total. The van der Waals surface area contributed by atoms with Crippen LogP contribution >= 0.6 is 0 Å². The van der Waals surface area contributed by atoms with Crippen LogP contribution < -0.4 is 10.6 Å². The van der Waals surface area contributed by atoms with Crippen LogP contribution in [0.4, 0.5) is 11.4 Å². The molecule has 0 bridgehead atoms. The Balaban J connectivity index is 0.000000347. The maximum absolute atomic E-state index is 12.4. The number of nitrogen functional groups attached to an aromatic ring is 1. The molecule has 0 amide bonds. The molecular weight excluding hydrogens is 380 g/mol. The molecule has 0 spiro atoms. The van der Waals surface area contributed by atoms with Crippen molar-refractivity contribution in [3.63, 3.8) is 0 Å². The number of rotatable bonds is 4. The lowest BCUT2D eigenvalue weighted by molar-refractivity contribution is 0.0499. The first-order valence-electron chi connectivity index (χ1n) is 10.5. The first kappa shape index (κ1) is 25.2. The molecule has 2 unspecified atom stereocenters. The zero-order valence-corrected chi connectivity index (χ0v) is 19.5. The Morgan fingerprint density at radius 3 is 2.28 bits per heavy atom. The molecule has 0 fully saturated rings. The fourth-order valence-corrected chi connectivity index (χ4v) is 4.16. The minimum atomic E-state index is -0.931. The number of fused-ring (bicyclic) bond motifs is 1. The van der Waals surface area contributed by atoms with Crippen LogP contribution in [0.1, 0.15) is 52.0 Å². The minimum Gasteiger partial charge on any atom is -0.399 e. The molecule has 0 aliphatic carbocycles. The Morgan fingerprint density at radius 1 is 1.10 bits per heavy atom. The SMILES string of the molecule is CCC.CCCCC1CS(=O)c2ccc(N(C)C)cc2CO1.Nc1ccccc1. The molecule has 0 saturated carbocycles. The van der Waals surface area contributed by atoms with Gasteiger partial charge in [0.1, 0.15) is 0 Å². The maximum Gasteiger partial charge on any atom is 0.0733 e. The monoisotopic (exact) mass is 418 g/mol. The molecule has 2 aromatic rings. The largest absolute Gasteiger partial charge is 0.399 e. The molecule has 162 valence electrons. The normalized spacial score (nSPS) is 17.6. The topological polar surface area (TPSA) is 55.6 Å². The minimum absolute atomic E-state index is 0.135. The average Bonchev–Trinajstić information content (AvgIpc) is 2.86. The lowest BCUT2D eigenvalue weighted by Gasteiger charge is -2.15. The Kier molecular flexibility index (Phi) is 12.3. The summed E-state index contributed by atoms with van der Waals surface area (Å²) in [5.41, 5.74) is 8.38. The molecule has 2 aromatic carbocycles. The standard InChI is InChI=1S/C15H23NO2S.C6H7N.C3H8/c1-4-5-6-14-11-19(17)15-8-7-13(16(2)3)9-12(15)10-18-14;7-6-4-2-1-3-5-6;1-3-2/h7-9,14H,4-6,10-11H2,1-3H3;1-5H,7H2;3H2,1-2H3. The molecule has 1 aliphatic rings. The number of anilines is 2. The highest BCUT2D eigenvalue weighted by Gasteiger charge is 2.22. The summed E-state index contributed by atoms with van der Waals surface area (Å²) in [5, 5.41) is 0. The van der Waals surface area contributed by atoms with Crippen LogP contribution in [0.2, 0.25) is 0 Å². The predicted molar refractivity (Wildman–Crippen MR) is 127 cm³/mol. The zero-order valence-electron chi connectivity index (χ0n) is 18.7. The van der Waals surface area contributed by atoms with Gasteiger partial charge in [-0.05, 0) is 42.3 Å². The quantitative estimate of drug-likeness (QED) is 0.653. The Hall–Kier alpha value is -1.85. The highest BCUT2D eigenvalue weighted by Crippen LogP contribution is 2.26. The summed E-state index contributed by atoms with van der Waals surface area (Å²) in [6.07, 6.45) is 4.69. The van der Waals surface area contributed by atoms with Gasteiger partial charge in [0.05, 0.1) is 29.3 Å². The van der Waals surface area contributed by atoms with Crippen molar-refractivity contribution in [3.05, 3.63) is 54.1 Å². The van der Waals surface area contributed by atoms with E-state index >= 15 is 0 Å². The number of benzene rings is 2. The summed E-state index contributed by atoms with van der Waals surface area (Å²) in [4.78, 5) is 3.01. The third kappa shape index (κ3) is 9.46. The highest BCUT2D eigenvalue weighted by atomic mass is 32.2. The number of hydrogen-bond acceptors (Lipinski definition) is 4. The van der Waals surface area contributed by atoms with Crippen molar-refractivity contribution < 1.29 is 8.95 Å². The van der Waals surface area contributed by atoms with Crippen LogP contribution in [-0.2, 0) is 22.1 Å². The van der Waals surface area contributed by atoms with Crippen molar-refractivity contribution in [1.82, 2.24) is 0 Å². The summed E-state index contributed by atoms with van der Waals surface area (Å²) in [7, 11) is 3.10. The van der Waals surface area contributed by atoms with E-state index in [0.717, 1.165) is 41.1 Å². The van der Waals surface area contributed by atoms with Crippen molar-refractivity contribution in [1.29, 1.82) is 0 Å². The average molecular weight is 419 g/mol. The molecule has 29 heavy (non-hydrogen) atoms. The Morgan fingerprint density at radius 2 is 1.76 bits per heavy atom. The van der Waals surface area contributed by atoms with Crippen molar-refractivity contribution in [2.45, 2.75) is 64.1 Å². The van der Waals surface area contributed by atoms with Gasteiger partial charge in [-0.25, -0.2) is 0 Å². The summed E-state index contributed by atoms with van der Waals surface area (Å²) in [5.74, 6) is 0.633. The van der Waals surface area contributed by atoms with Gasteiger partial charge in [-0.1, -0.05) is 58.2 Å². The van der Waals surface area contributed by atoms with Gasteiger partial charge in [-0.15, -0.1) is 0 Å². The highest BCUT2D eigenvalue weighted by molar-refractivity contribution is 7.85. The first-order chi connectivity index (χ1) is 13.9. The smallest absolute Gasteiger partial charge is 0.0733 e. The fraction of sp³-hybridized carbons (Fsp3) is 0.500. The third-order valence-corrected chi connectivity index (χ3v) is 5.86. The van der Waals surface area contributed by atoms with Crippen molar-refractivity contribution in [3.8, 4) is 0 Å². The molecule has 1 aliphatic heterocycles. The molecule has 2 N–H and O–H groups in total. The number of hydrogen-bond donors (Lipinski definition) is 1. The second kappa shape index (κ2) is 14.2. The molecule has 1 heterocycles. The maximum atomic E-state index is 12.4. The summed E-state index contributed by atoms with van der Waals surface area (Å²) >= 11 is 0. The van der Waals surface area contributed by atoms with E-state index in [4.69, 9.17) is 10.5 Å². The predicted octanol–water partition coefficient (Wildman–Crippen LogP) is 5.63. The zero-order chi connectivity index (χ0) is 21.6. The first-order valence-corrected chi connectivity index (χ1v) is 11.8. The fourth-order valence-electron chi connectivity index (χ4n) is 2.74. The van der Waals surface area contributed by atoms with Crippen molar-refractivity contribution in [2.24, 2.45) is 0 Å². The van der Waals surface area contributed by atoms with Crippen LogP contribution in [0.25, 0.3) is 0 Å². The molecule has 3 rings (SSSR count). The van der Waals surface area contributed by atoms with Gasteiger partial charge in [0.25, 0.3) is 0 Å². The van der Waals surface area contributed by atoms with Crippen LogP contribution in [0.3, 0.4) is 0 Å². The van der Waals surface area contributed by atoms with Crippen LogP contribution in [0.15, 0.2) is 53.4 Å². The van der Waals surface area contributed by atoms with Gasteiger partial charge in [0.2, 0.25) is 0 Å². The molecule has 2 atom stereocenters. The van der Waals surface area contributed by atoms with E-state index in [2.05, 4.69) is 31.7 Å². The van der Waals surface area contributed by atoms with E-state index in [0.29, 0.717) is 12.4 Å². The summed E-state index contributed by atoms with van der Waals surface area (Å²) < 4.78 is 18.3. The summed E-state index contributed by atoms with van der Waals surface area (Å²) in [6, 6.07) is 15.6. The van der Waals surface area contributed by atoms with Gasteiger partial charge in [-0.3, -0.25) is 4.21 Å². The van der Waals surface area contributed by atoms with Gasteiger partial charge in [-0.2, -0.15) is 0 Å².